The zero-order valence-electron chi connectivity index (χ0n) is 12.5. The van der Waals surface area contributed by atoms with Crippen molar-refractivity contribution in [3.63, 3.8) is 0 Å². The Morgan fingerprint density at radius 1 is 1.35 bits per heavy atom. The molecule has 3 amide bonds. The molecule has 1 unspecified atom stereocenters. The van der Waals surface area contributed by atoms with Crippen molar-refractivity contribution in [1.82, 2.24) is 0 Å². The molecule has 0 saturated heterocycles. The van der Waals surface area contributed by atoms with Gasteiger partial charge in [-0.3, -0.25) is 10.1 Å². The fraction of sp³-hybridized carbons (Fsp3) is 0.250. The lowest BCUT2D eigenvalue weighted by molar-refractivity contribution is 0.100. The Kier molecular flexibility index (Phi) is 4.16. The smallest absolute Gasteiger partial charge is 0.317 e. The number of amides is 3. The van der Waals surface area contributed by atoms with Gasteiger partial charge in [-0.2, -0.15) is 0 Å². The van der Waals surface area contributed by atoms with Gasteiger partial charge in [0.1, 0.15) is 5.00 Å². The van der Waals surface area contributed by atoms with Crippen molar-refractivity contribution in [2.75, 3.05) is 5.32 Å². The summed E-state index contributed by atoms with van der Waals surface area (Å²) in [6.45, 7) is 2.18. The van der Waals surface area contributed by atoms with Gasteiger partial charge in [-0.05, 0) is 47.6 Å². The van der Waals surface area contributed by atoms with Crippen LogP contribution in [0.5, 0.6) is 0 Å². The third-order valence-electron chi connectivity index (χ3n) is 4.11. The highest BCUT2D eigenvalue weighted by atomic mass is 79.9. The molecular formula is C16H16BrN3O2S. The number of carbonyl (C=O) groups is 2. The van der Waals surface area contributed by atoms with E-state index in [1.165, 1.54) is 16.9 Å². The predicted octanol–water partition coefficient (Wildman–Crippen LogP) is 3.82. The zero-order chi connectivity index (χ0) is 16.7. The van der Waals surface area contributed by atoms with Gasteiger partial charge in [0.25, 0.3) is 5.91 Å². The molecule has 0 radical (unpaired) electrons. The first-order valence-corrected chi connectivity index (χ1v) is 8.81. The third-order valence-corrected chi connectivity index (χ3v) is 5.78. The summed E-state index contributed by atoms with van der Waals surface area (Å²) in [5, 5.41) is 2.96. The van der Waals surface area contributed by atoms with E-state index in [-0.39, 0.29) is 0 Å². The normalized spacial score (nSPS) is 16.2. The average molecular weight is 394 g/mol. The first-order chi connectivity index (χ1) is 10.9. The molecule has 2 aromatic rings. The molecule has 1 aliphatic carbocycles. The molecule has 1 aromatic carbocycles. The zero-order valence-corrected chi connectivity index (χ0v) is 14.9. The van der Waals surface area contributed by atoms with Crippen LogP contribution in [0.3, 0.4) is 0 Å². The minimum atomic E-state index is -0.702. The molecule has 1 atom stereocenters. The second kappa shape index (κ2) is 5.98. The molecule has 0 fully saturated rings. The largest absolute Gasteiger partial charge is 0.365 e. The van der Waals surface area contributed by atoms with Gasteiger partial charge in [-0.1, -0.05) is 28.9 Å². The summed E-state index contributed by atoms with van der Waals surface area (Å²) in [5.41, 5.74) is 14.4. The first kappa shape index (κ1) is 16.0. The highest BCUT2D eigenvalue weighted by molar-refractivity contribution is 9.10. The van der Waals surface area contributed by atoms with Crippen LogP contribution in [0.15, 0.2) is 22.7 Å². The number of nitrogens with one attached hydrogen (secondary N) is 1. The molecule has 0 aliphatic heterocycles. The lowest BCUT2D eigenvalue weighted by Crippen LogP contribution is -2.22. The minimum absolute atomic E-state index is 0.379. The van der Waals surface area contributed by atoms with Crippen molar-refractivity contribution in [2.45, 2.75) is 25.7 Å². The minimum Gasteiger partial charge on any atom is -0.365 e. The highest BCUT2D eigenvalue weighted by Gasteiger charge is 2.28. The Morgan fingerprint density at radius 2 is 2.09 bits per heavy atom. The van der Waals surface area contributed by atoms with E-state index in [1.807, 2.05) is 12.1 Å². The maximum atomic E-state index is 11.9. The molecule has 1 aromatic heterocycles. The summed E-state index contributed by atoms with van der Waals surface area (Å²) >= 11 is 4.86. The quantitative estimate of drug-likeness (QED) is 0.722. The van der Waals surface area contributed by atoms with Crippen molar-refractivity contribution < 1.29 is 9.59 Å². The van der Waals surface area contributed by atoms with Gasteiger partial charge in [0.2, 0.25) is 0 Å². The number of nitrogens with two attached hydrogens (primary N) is 2. The number of rotatable bonds is 2. The molecule has 120 valence electrons. The van der Waals surface area contributed by atoms with Crippen molar-refractivity contribution in [3.8, 4) is 10.4 Å². The fourth-order valence-corrected chi connectivity index (χ4v) is 4.71. The maximum absolute atomic E-state index is 11.9. The lowest BCUT2D eigenvalue weighted by atomic mass is 9.94. The number of fused-ring (bicyclic) bond motifs is 3. The Labute approximate surface area is 146 Å². The van der Waals surface area contributed by atoms with Gasteiger partial charge in [-0.25, -0.2) is 4.79 Å². The molecule has 3 rings (SSSR count). The number of halogens is 1. The Balaban J connectivity index is 2.28. The van der Waals surface area contributed by atoms with Crippen LogP contribution in [-0.2, 0) is 6.42 Å². The van der Waals surface area contributed by atoms with E-state index >= 15 is 0 Å². The first-order valence-electron chi connectivity index (χ1n) is 7.20. The summed E-state index contributed by atoms with van der Waals surface area (Å²) < 4.78 is 0.967. The molecule has 5 nitrogen and oxygen atoms in total. The standard InChI is InChI=1S/C16H16BrN3O2S/c1-7-2-4-10-12(14(18)21)15(20-16(19)22)23-13(10)11-6-8(17)3-5-9(7)11/h3,5-7H,2,4H2,1H3,(H2,18,21)(H3,19,20,22). The number of anilines is 1. The Morgan fingerprint density at radius 3 is 2.74 bits per heavy atom. The highest BCUT2D eigenvalue weighted by Crippen LogP contribution is 2.47. The molecule has 0 spiro atoms. The van der Waals surface area contributed by atoms with Gasteiger partial charge in [0.15, 0.2) is 0 Å². The van der Waals surface area contributed by atoms with Gasteiger partial charge >= 0.3 is 6.03 Å². The number of hydrogen-bond donors (Lipinski definition) is 3. The van der Waals surface area contributed by atoms with Gasteiger partial charge in [0.05, 0.1) is 5.56 Å². The van der Waals surface area contributed by atoms with E-state index in [0.717, 1.165) is 33.3 Å². The molecule has 1 heterocycles. The Hall–Kier alpha value is -1.86. The van der Waals surface area contributed by atoms with Gasteiger partial charge < -0.3 is 11.5 Å². The molecule has 0 bridgehead atoms. The van der Waals surface area contributed by atoms with Gasteiger partial charge in [-0.15, -0.1) is 11.3 Å². The molecular weight excluding hydrogens is 378 g/mol. The van der Waals surface area contributed by atoms with Crippen LogP contribution in [0.4, 0.5) is 9.80 Å². The number of thiophene rings is 1. The molecule has 1 aliphatic rings. The maximum Gasteiger partial charge on any atom is 0.317 e. The van der Waals surface area contributed by atoms with Crippen LogP contribution in [-0.4, -0.2) is 11.9 Å². The van der Waals surface area contributed by atoms with E-state index in [9.17, 15) is 9.59 Å². The summed E-state index contributed by atoms with van der Waals surface area (Å²) in [5.74, 6) is -0.164. The van der Waals surface area contributed by atoms with E-state index in [1.54, 1.807) is 0 Å². The topological polar surface area (TPSA) is 98.2 Å². The number of benzene rings is 1. The average Bonchev–Trinajstić information content (AvgIpc) is 2.76. The van der Waals surface area contributed by atoms with Crippen molar-refractivity contribution in [2.24, 2.45) is 11.5 Å². The van der Waals surface area contributed by atoms with Crippen molar-refractivity contribution in [3.05, 3.63) is 39.4 Å². The summed E-state index contributed by atoms with van der Waals surface area (Å²) in [6.07, 6.45) is 1.65. The van der Waals surface area contributed by atoms with Crippen LogP contribution >= 0.6 is 27.3 Å². The number of urea groups is 1. The Bertz CT molecular complexity index is 816. The lowest BCUT2D eigenvalue weighted by Gasteiger charge is -2.12. The van der Waals surface area contributed by atoms with Crippen LogP contribution in [0.1, 0.15) is 40.7 Å². The van der Waals surface area contributed by atoms with Crippen molar-refractivity contribution >= 4 is 44.2 Å². The third kappa shape index (κ3) is 2.86. The fourth-order valence-electron chi connectivity index (χ4n) is 3.05. The summed E-state index contributed by atoms with van der Waals surface area (Å²) in [4.78, 5) is 24.1. The van der Waals surface area contributed by atoms with Crippen LogP contribution < -0.4 is 16.8 Å². The summed E-state index contributed by atoms with van der Waals surface area (Å²) in [6, 6.07) is 5.47. The second-order valence-electron chi connectivity index (χ2n) is 5.64. The summed E-state index contributed by atoms with van der Waals surface area (Å²) in [7, 11) is 0. The van der Waals surface area contributed by atoms with Crippen LogP contribution in [0.25, 0.3) is 10.4 Å². The monoisotopic (exact) mass is 393 g/mol. The van der Waals surface area contributed by atoms with E-state index in [4.69, 9.17) is 11.5 Å². The SMILES string of the molecule is CC1CCc2c(sc(NC(N)=O)c2C(N)=O)-c2cc(Br)ccc21. The second-order valence-corrected chi connectivity index (χ2v) is 7.57. The molecule has 23 heavy (non-hydrogen) atoms. The van der Waals surface area contributed by atoms with E-state index in [0.29, 0.717) is 16.5 Å². The van der Waals surface area contributed by atoms with E-state index in [2.05, 4.69) is 34.2 Å². The number of carbonyl (C=O) groups excluding carboxylic acids is 2. The van der Waals surface area contributed by atoms with E-state index < -0.39 is 11.9 Å². The molecule has 0 saturated carbocycles. The molecule has 7 heteroatoms. The van der Waals surface area contributed by atoms with Crippen molar-refractivity contribution in [1.29, 1.82) is 0 Å². The number of hydrogen-bond acceptors (Lipinski definition) is 3. The van der Waals surface area contributed by atoms with Crippen LogP contribution in [0, 0.1) is 0 Å². The number of primary amides is 2. The molecule has 5 N–H and O–H groups in total. The van der Waals surface area contributed by atoms with Gasteiger partial charge in [0, 0.05) is 9.35 Å². The van der Waals surface area contributed by atoms with Crippen LogP contribution in [0.2, 0.25) is 0 Å². The predicted molar refractivity (Wildman–Crippen MR) is 95.9 cm³/mol.